The zero-order chi connectivity index (χ0) is 14.6. The monoisotopic (exact) mass is 288 g/mol. The van der Waals surface area contributed by atoms with E-state index in [2.05, 4.69) is 0 Å². The molecule has 2 N–H and O–H groups in total. The Kier molecular flexibility index (Phi) is 4.75. The highest BCUT2D eigenvalue weighted by atomic mass is 19.4. The van der Waals surface area contributed by atoms with Crippen molar-refractivity contribution < 1.29 is 17.9 Å². The molecule has 1 aromatic carbocycles. The number of hydrogen-bond donors (Lipinski definition) is 1. The summed E-state index contributed by atoms with van der Waals surface area (Å²) < 4.78 is 43.1. The van der Waals surface area contributed by atoms with E-state index >= 15 is 0 Å². The van der Waals surface area contributed by atoms with E-state index in [1.807, 2.05) is 11.0 Å². The van der Waals surface area contributed by atoms with Crippen LogP contribution in [0.15, 0.2) is 24.3 Å². The van der Waals surface area contributed by atoms with Crippen molar-refractivity contribution in [2.45, 2.75) is 19.0 Å². The maximum atomic E-state index is 12.5. The number of anilines is 1. The highest BCUT2D eigenvalue weighted by molar-refractivity contribution is 5.43. The van der Waals surface area contributed by atoms with Crippen LogP contribution in [-0.4, -0.2) is 37.3 Å². The number of rotatable bonds is 4. The van der Waals surface area contributed by atoms with E-state index in [0.29, 0.717) is 37.7 Å². The molecule has 1 fully saturated rings. The lowest BCUT2D eigenvalue weighted by molar-refractivity contribution is -0.185. The molecule has 1 aliphatic rings. The molecule has 0 unspecified atom stereocenters. The molecule has 0 bridgehead atoms. The first-order chi connectivity index (χ1) is 9.45. The Hall–Kier alpha value is -1.43. The topological polar surface area (TPSA) is 38.5 Å². The summed E-state index contributed by atoms with van der Waals surface area (Å²) in [5, 5.41) is 0. The van der Waals surface area contributed by atoms with Crippen LogP contribution in [0.1, 0.15) is 12.8 Å². The Balaban J connectivity index is 1.69. The van der Waals surface area contributed by atoms with Crippen LogP contribution in [0.3, 0.4) is 0 Å². The molecule has 112 valence electrons. The Labute approximate surface area is 116 Å². The predicted molar refractivity (Wildman–Crippen MR) is 71.6 cm³/mol. The summed E-state index contributed by atoms with van der Waals surface area (Å²) in [5.41, 5.74) is 6.27. The molecule has 1 heterocycles. The highest BCUT2D eigenvalue weighted by Crippen LogP contribution is 2.33. The number of nitrogen functional groups attached to an aromatic ring is 1. The van der Waals surface area contributed by atoms with Crippen molar-refractivity contribution in [2.24, 2.45) is 5.92 Å². The molecule has 0 amide bonds. The number of halogens is 3. The van der Waals surface area contributed by atoms with Gasteiger partial charge in [-0.2, -0.15) is 13.2 Å². The maximum absolute atomic E-state index is 12.5. The standard InChI is InChI=1S/C14H19F3N2O/c15-14(16,17)11-4-6-19(7-5-11)8-9-20-13-3-1-2-12(18)10-13/h1-3,10-11H,4-9,18H2. The van der Waals surface area contributed by atoms with Crippen molar-refractivity contribution in [3.05, 3.63) is 24.3 Å². The zero-order valence-corrected chi connectivity index (χ0v) is 11.2. The molecule has 0 atom stereocenters. The number of alkyl halides is 3. The average Bonchev–Trinajstić information content (AvgIpc) is 2.38. The smallest absolute Gasteiger partial charge is 0.391 e. The molecule has 0 spiro atoms. The fourth-order valence-electron chi connectivity index (χ4n) is 2.38. The van der Waals surface area contributed by atoms with Crippen LogP contribution < -0.4 is 10.5 Å². The molecule has 20 heavy (non-hydrogen) atoms. The Morgan fingerprint density at radius 1 is 1.25 bits per heavy atom. The predicted octanol–water partition coefficient (Wildman–Crippen LogP) is 2.92. The van der Waals surface area contributed by atoms with Gasteiger partial charge in [-0.15, -0.1) is 0 Å². The first-order valence-corrected chi connectivity index (χ1v) is 6.72. The molecular formula is C14H19F3N2O. The molecule has 3 nitrogen and oxygen atoms in total. The molecule has 0 aliphatic carbocycles. The lowest BCUT2D eigenvalue weighted by Crippen LogP contribution is -2.40. The average molecular weight is 288 g/mol. The molecule has 2 rings (SSSR count). The maximum Gasteiger partial charge on any atom is 0.391 e. The van der Waals surface area contributed by atoms with Gasteiger partial charge in [0.05, 0.1) is 5.92 Å². The normalized spacial score (nSPS) is 18.1. The summed E-state index contributed by atoms with van der Waals surface area (Å²) in [5.74, 6) is -0.455. The molecule has 0 aromatic heterocycles. The van der Waals surface area contributed by atoms with Crippen LogP contribution in [0.5, 0.6) is 5.75 Å². The van der Waals surface area contributed by atoms with E-state index in [-0.39, 0.29) is 12.8 Å². The van der Waals surface area contributed by atoms with Crippen molar-refractivity contribution in [2.75, 3.05) is 32.0 Å². The summed E-state index contributed by atoms with van der Waals surface area (Å²) >= 11 is 0. The van der Waals surface area contributed by atoms with Gasteiger partial charge in [-0.3, -0.25) is 4.90 Å². The summed E-state index contributed by atoms with van der Waals surface area (Å²) in [7, 11) is 0. The minimum absolute atomic E-state index is 0.182. The van der Waals surface area contributed by atoms with E-state index in [4.69, 9.17) is 10.5 Å². The molecule has 1 aromatic rings. The van der Waals surface area contributed by atoms with Crippen molar-refractivity contribution in [3.8, 4) is 5.75 Å². The van der Waals surface area contributed by atoms with Gasteiger partial charge in [0.25, 0.3) is 0 Å². The quantitative estimate of drug-likeness (QED) is 0.866. The second-order valence-corrected chi connectivity index (χ2v) is 5.08. The van der Waals surface area contributed by atoms with E-state index < -0.39 is 12.1 Å². The van der Waals surface area contributed by atoms with Gasteiger partial charge in [0.1, 0.15) is 12.4 Å². The number of ether oxygens (including phenoxy) is 1. The molecule has 0 radical (unpaired) electrons. The second-order valence-electron chi connectivity index (χ2n) is 5.08. The Morgan fingerprint density at radius 2 is 1.95 bits per heavy atom. The fourth-order valence-corrected chi connectivity index (χ4v) is 2.38. The van der Waals surface area contributed by atoms with Gasteiger partial charge in [-0.05, 0) is 38.1 Å². The largest absolute Gasteiger partial charge is 0.492 e. The number of piperidine rings is 1. The van der Waals surface area contributed by atoms with Crippen molar-refractivity contribution in [1.82, 2.24) is 4.90 Å². The van der Waals surface area contributed by atoms with Crippen LogP contribution >= 0.6 is 0 Å². The number of hydrogen-bond acceptors (Lipinski definition) is 3. The van der Waals surface area contributed by atoms with Crippen molar-refractivity contribution in [3.63, 3.8) is 0 Å². The van der Waals surface area contributed by atoms with Gasteiger partial charge in [0.2, 0.25) is 0 Å². The van der Waals surface area contributed by atoms with Gasteiger partial charge in [-0.1, -0.05) is 6.07 Å². The van der Waals surface area contributed by atoms with Gasteiger partial charge in [0.15, 0.2) is 0 Å². The zero-order valence-electron chi connectivity index (χ0n) is 11.2. The van der Waals surface area contributed by atoms with E-state index in [1.165, 1.54) is 0 Å². The van der Waals surface area contributed by atoms with Gasteiger partial charge < -0.3 is 10.5 Å². The molecular weight excluding hydrogens is 269 g/mol. The van der Waals surface area contributed by atoms with Crippen LogP contribution in [0.4, 0.5) is 18.9 Å². The third kappa shape index (κ3) is 4.30. The van der Waals surface area contributed by atoms with Gasteiger partial charge >= 0.3 is 6.18 Å². The van der Waals surface area contributed by atoms with Gasteiger partial charge in [-0.25, -0.2) is 0 Å². The first-order valence-electron chi connectivity index (χ1n) is 6.72. The lowest BCUT2D eigenvalue weighted by atomic mass is 9.96. The van der Waals surface area contributed by atoms with E-state index in [9.17, 15) is 13.2 Å². The number of likely N-dealkylation sites (tertiary alicyclic amines) is 1. The Morgan fingerprint density at radius 3 is 2.55 bits per heavy atom. The molecule has 1 saturated heterocycles. The van der Waals surface area contributed by atoms with Gasteiger partial charge in [0, 0.05) is 18.3 Å². The van der Waals surface area contributed by atoms with Crippen LogP contribution in [-0.2, 0) is 0 Å². The van der Waals surface area contributed by atoms with Crippen molar-refractivity contribution >= 4 is 5.69 Å². The van der Waals surface area contributed by atoms with Crippen LogP contribution in [0, 0.1) is 5.92 Å². The Bertz CT molecular complexity index is 429. The van der Waals surface area contributed by atoms with Crippen molar-refractivity contribution in [1.29, 1.82) is 0 Å². The summed E-state index contributed by atoms with van der Waals surface area (Å²) in [6, 6.07) is 7.12. The number of benzene rings is 1. The highest BCUT2D eigenvalue weighted by Gasteiger charge is 2.40. The first kappa shape index (κ1) is 15.0. The number of nitrogens with zero attached hydrogens (tertiary/aromatic N) is 1. The molecule has 0 saturated carbocycles. The molecule has 1 aliphatic heterocycles. The lowest BCUT2D eigenvalue weighted by Gasteiger charge is -2.32. The third-order valence-electron chi connectivity index (χ3n) is 3.58. The summed E-state index contributed by atoms with van der Waals surface area (Å²) in [6.07, 6.45) is -3.69. The minimum atomic E-state index is -4.05. The number of nitrogens with two attached hydrogens (primary N) is 1. The van der Waals surface area contributed by atoms with E-state index in [0.717, 1.165) is 0 Å². The summed E-state index contributed by atoms with van der Waals surface area (Å²) in [4.78, 5) is 2.01. The van der Waals surface area contributed by atoms with Crippen LogP contribution in [0.25, 0.3) is 0 Å². The second kappa shape index (κ2) is 6.35. The fraction of sp³-hybridized carbons (Fsp3) is 0.571. The van der Waals surface area contributed by atoms with E-state index in [1.54, 1.807) is 18.2 Å². The minimum Gasteiger partial charge on any atom is -0.492 e. The SMILES string of the molecule is Nc1cccc(OCCN2CCC(C(F)(F)F)CC2)c1. The molecule has 6 heteroatoms. The van der Waals surface area contributed by atoms with Crippen LogP contribution in [0.2, 0.25) is 0 Å². The summed E-state index contributed by atoms with van der Waals surface area (Å²) in [6.45, 7) is 2.05. The third-order valence-corrected chi connectivity index (χ3v) is 3.58.